The molecule has 2 nitrogen and oxygen atoms in total. The number of carbonyl (C=O) groups excluding carboxylic acids is 1. The van der Waals surface area contributed by atoms with E-state index in [0.717, 1.165) is 17.3 Å². The molecular weight excluding hydrogens is 266 g/mol. The zero-order valence-corrected chi connectivity index (χ0v) is 11.2. The van der Waals surface area contributed by atoms with Crippen LogP contribution in [0.2, 0.25) is 0 Å². The molecule has 0 fully saturated rings. The third-order valence-electron chi connectivity index (χ3n) is 2.90. The summed E-state index contributed by atoms with van der Waals surface area (Å²) in [6.07, 6.45) is 1.74. The molecule has 1 unspecified atom stereocenters. The van der Waals surface area contributed by atoms with Crippen LogP contribution in [-0.2, 0) is 17.6 Å². The minimum atomic E-state index is 0.117. The van der Waals surface area contributed by atoms with Gasteiger partial charge in [-0.15, -0.1) is 0 Å². The number of hydrogen-bond acceptors (Lipinski definition) is 1. The fourth-order valence-electron chi connectivity index (χ4n) is 2.17. The first-order chi connectivity index (χ1) is 7.56. The van der Waals surface area contributed by atoms with E-state index in [0.29, 0.717) is 0 Å². The Morgan fingerprint density at radius 3 is 2.75 bits per heavy atom. The molecule has 1 amide bonds. The predicted molar refractivity (Wildman–Crippen MR) is 68.3 cm³/mol. The Kier molecular flexibility index (Phi) is 3.33. The van der Waals surface area contributed by atoms with Crippen molar-refractivity contribution >= 4 is 21.8 Å². The highest BCUT2D eigenvalue weighted by molar-refractivity contribution is 9.10. The Balaban J connectivity index is 2.08. The summed E-state index contributed by atoms with van der Waals surface area (Å²) in [5.74, 6) is 0.300. The third-order valence-corrected chi connectivity index (χ3v) is 3.40. The van der Waals surface area contributed by atoms with Crippen molar-refractivity contribution in [2.45, 2.75) is 32.7 Å². The van der Waals surface area contributed by atoms with Crippen LogP contribution in [-0.4, -0.2) is 11.9 Å². The maximum Gasteiger partial charge on any atom is 0.223 e. The predicted octanol–water partition coefficient (Wildman–Crippen LogP) is 2.69. The maximum atomic E-state index is 11.9. The highest BCUT2D eigenvalue weighted by Crippen LogP contribution is 2.29. The van der Waals surface area contributed by atoms with Crippen molar-refractivity contribution < 1.29 is 4.79 Å². The van der Waals surface area contributed by atoms with E-state index in [2.05, 4.69) is 33.4 Å². The van der Waals surface area contributed by atoms with E-state index < -0.39 is 0 Å². The molecular formula is C13H16BrNO. The molecule has 16 heavy (non-hydrogen) atoms. The van der Waals surface area contributed by atoms with Gasteiger partial charge in [-0.05, 0) is 49.9 Å². The summed E-state index contributed by atoms with van der Waals surface area (Å²) in [5.41, 5.74) is 2.62. The Morgan fingerprint density at radius 1 is 1.38 bits per heavy atom. The van der Waals surface area contributed by atoms with Crippen LogP contribution in [0.1, 0.15) is 25.0 Å². The summed E-state index contributed by atoms with van der Waals surface area (Å²) in [7, 11) is 0. The van der Waals surface area contributed by atoms with Crippen LogP contribution in [0.3, 0.4) is 0 Å². The zero-order chi connectivity index (χ0) is 11.7. The van der Waals surface area contributed by atoms with Crippen LogP contribution in [0.15, 0.2) is 22.7 Å². The van der Waals surface area contributed by atoms with Gasteiger partial charge in [0.25, 0.3) is 0 Å². The zero-order valence-electron chi connectivity index (χ0n) is 9.59. The maximum absolute atomic E-state index is 11.9. The van der Waals surface area contributed by atoms with E-state index in [4.69, 9.17) is 0 Å². The van der Waals surface area contributed by atoms with Crippen molar-refractivity contribution in [1.82, 2.24) is 5.32 Å². The van der Waals surface area contributed by atoms with Crippen molar-refractivity contribution in [2.75, 3.05) is 0 Å². The van der Waals surface area contributed by atoms with Crippen LogP contribution in [0.5, 0.6) is 0 Å². The molecule has 3 heteroatoms. The summed E-state index contributed by atoms with van der Waals surface area (Å²) < 4.78 is 1.09. The first kappa shape index (κ1) is 11.6. The highest BCUT2D eigenvalue weighted by atomic mass is 79.9. The molecule has 1 N–H and O–H groups in total. The molecule has 1 aliphatic carbocycles. The number of rotatable bonds is 2. The molecule has 0 saturated carbocycles. The number of hydrogen-bond donors (Lipinski definition) is 1. The number of nitrogens with one attached hydrogen (secondary N) is 1. The van der Waals surface area contributed by atoms with Gasteiger partial charge in [-0.2, -0.15) is 0 Å². The minimum absolute atomic E-state index is 0.117. The van der Waals surface area contributed by atoms with E-state index in [1.165, 1.54) is 11.1 Å². The standard InChI is InChI=1S/C13H16BrNO/c1-8(2)15-13(16)11-5-9-3-4-12(14)7-10(9)6-11/h3-4,7-8,11H,5-6H2,1-2H3,(H,15,16). The van der Waals surface area contributed by atoms with Gasteiger partial charge in [0.2, 0.25) is 5.91 Å². The van der Waals surface area contributed by atoms with Crippen molar-refractivity contribution in [2.24, 2.45) is 5.92 Å². The number of amides is 1. The van der Waals surface area contributed by atoms with Crippen LogP contribution >= 0.6 is 15.9 Å². The second-order valence-corrected chi connectivity index (χ2v) is 5.60. The molecule has 0 aromatic heterocycles. The third kappa shape index (κ3) is 2.46. The lowest BCUT2D eigenvalue weighted by Gasteiger charge is -2.12. The normalized spacial score (nSPS) is 18.6. The van der Waals surface area contributed by atoms with Gasteiger partial charge < -0.3 is 5.32 Å². The molecule has 0 saturated heterocycles. The quantitative estimate of drug-likeness (QED) is 0.887. The van der Waals surface area contributed by atoms with Crippen molar-refractivity contribution in [1.29, 1.82) is 0 Å². The molecule has 2 rings (SSSR count). The van der Waals surface area contributed by atoms with Gasteiger partial charge in [0.05, 0.1) is 0 Å². The van der Waals surface area contributed by atoms with E-state index in [1.807, 2.05) is 19.9 Å². The molecule has 86 valence electrons. The van der Waals surface area contributed by atoms with Crippen LogP contribution < -0.4 is 5.32 Å². The van der Waals surface area contributed by atoms with Gasteiger partial charge in [-0.25, -0.2) is 0 Å². The molecule has 1 aromatic rings. The number of halogens is 1. The summed E-state index contributed by atoms with van der Waals surface area (Å²) in [6.45, 7) is 3.99. The molecule has 0 heterocycles. The first-order valence-electron chi connectivity index (χ1n) is 5.64. The van der Waals surface area contributed by atoms with Gasteiger partial charge in [0, 0.05) is 16.4 Å². The molecule has 0 radical (unpaired) electrons. The Labute approximate surface area is 105 Å². The lowest BCUT2D eigenvalue weighted by molar-refractivity contribution is -0.125. The smallest absolute Gasteiger partial charge is 0.223 e. The number of carbonyl (C=O) groups is 1. The van der Waals surface area contributed by atoms with E-state index >= 15 is 0 Å². The lowest BCUT2D eigenvalue weighted by atomic mass is 10.1. The second-order valence-electron chi connectivity index (χ2n) is 4.68. The van der Waals surface area contributed by atoms with Gasteiger partial charge in [0.1, 0.15) is 0 Å². The summed E-state index contributed by atoms with van der Waals surface area (Å²) >= 11 is 3.46. The Bertz CT molecular complexity index is 414. The Hall–Kier alpha value is -0.830. The largest absolute Gasteiger partial charge is 0.354 e. The van der Waals surface area contributed by atoms with Gasteiger partial charge >= 0.3 is 0 Å². The molecule has 0 bridgehead atoms. The van der Waals surface area contributed by atoms with E-state index in [-0.39, 0.29) is 17.9 Å². The van der Waals surface area contributed by atoms with Crippen molar-refractivity contribution in [3.8, 4) is 0 Å². The SMILES string of the molecule is CC(C)NC(=O)C1Cc2ccc(Br)cc2C1. The minimum Gasteiger partial charge on any atom is -0.354 e. The van der Waals surface area contributed by atoms with Gasteiger partial charge in [-0.1, -0.05) is 22.0 Å². The molecule has 1 aliphatic rings. The molecule has 1 aromatic carbocycles. The molecule has 1 atom stereocenters. The van der Waals surface area contributed by atoms with Crippen molar-refractivity contribution in [3.63, 3.8) is 0 Å². The monoisotopic (exact) mass is 281 g/mol. The van der Waals surface area contributed by atoms with Crippen LogP contribution in [0, 0.1) is 5.92 Å². The van der Waals surface area contributed by atoms with Gasteiger partial charge in [-0.3, -0.25) is 4.79 Å². The van der Waals surface area contributed by atoms with Crippen LogP contribution in [0.4, 0.5) is 0 Å². The topological polar surface area (TPSA) is 29.1 Å². The van der Waals surface area contributed by atoms with Crippen molar-refractivity contribution in [3.05, 3.63) is 33.8 Å². The summed E-state index contributed by atoms with van der Waals surface area (Å²) in [5, 5.41) is 2.98. The fourth-order valence-corrected chi connectivity index (χ4v) is 2.58. The highest BCUT2D eigenvalue weighted by Gasteiger charge is 2.27. The van der Waals surface area contributed by atoms with E-state index in [9.17, 15) is 4.79 Å². The average Bonchev–Trinajstić information content (AvgIpc) is 2.59. The second kappa shape index (κ2) is 4.58. The summed E-state index contributed by atoms with van der Waals surface area (Å²) in [6, 6.07) is 6.50. The lowest BCUT2D eigenvalue weighted by Crippen LogP contribution is -2.35. The first-order valence-corrected chi connectivity index (χ1v) is 6.43. The van der Waals surface area contributed by atoms with Gasteiger partial charge in [0.15, 0.2) is 0 Å². The number of fused-ring (bicyclic) bond motifs is 1. The van der Waals surface area contributed by atoms with Crippen LogP contribution in [0.25, 0.3) is 0 Å². The fraction of sp³-hybridized carbons (Fsp3) is 0.462. The summed E-state index contributed by atoms with van der Waals surface area (Å²) in [4.78, 5) is 11.9. The molecule has 0 spiro atoms. The molecule has 0 aliphatic heterocycles. The van der Waals surface area contributed by atoms with E-state index in [1.54, 1.807) is 0 Å². The Morgan fingerprint density at radius 2 is 2.06 bits per heavy atom. The average molecular weight is 282 g/mol. The number of benzene rings is 1.